The van der Waals surface area contributed by atoms with Gasteiger partial charge in [-0.3, -0.25) is 4.79 Å². The SMILES string of the molecule is CC(C)C(Sc1nncs1)C(=O)Nc1ccccc1C(F)(F)F. The first kappa shape index (κ1) is 17.7. The second-order valence-corrected chi connectivity index (χ2v) is 7.24. The third-order valence-corrected chi connectivity index (χ3v) is 5.28. The van der Waals surface area contributed by atoms with Crippen molar-refractivity contribution in [1.29, 1.82) is 0 Å². The maximum Gasteiger partial charge on any atom is 0.418 e. The highest BCUT2D eigenvalue weighted by Gasteiger charge is 2.34. The van der Waals surface area contributed by atoms with Gasteiger partial charge in [-0.05, 0) is 18.1 Å². The number of amides is 1. The topological polar surface area (TPSA) is 54.9 Å². The lowest BCUT2D eigenvalue weighted by Crippen LogP contribution is -2.30. The number of rotatable bonds is 5. The molecule has 0 saturated heterocycles. The Balaban J connectivity index is 2.19. The number of nitrogens with one attached hydrogen (secondary N) is 1. The lowest BCUT2D eigenvalue weighted by atomic mass is 10.1. The van der Waals surface area contributed by atoms with Crippen molar-refractivity contribution >= 4 is 34.7 Å². The number of para-hydroxylation sites is 1. The molecular formula is C14H14F3N3OS2. The lowest BCUT2D eigenvalue weighted by molar-refractivity contribution is -0.137. The van der Waals surface area contributed by atoms with Crippen LogP contribution in [0.2, 0.25) is 0 Å². The number of anilines is 1. The minimum absolute atomic E-state index is 0.0815. The van der Waals surface area contributed by atoms with Crippen LogP contribution in [0.5, 0.6) is 0 Å². The summed E-state index contributed by atoms with van der Waals surface area (Å²) in [4.78, 5) is 12.4. The van der Waals surface area contributed by atoms with Gasteiger partial charge in [0.15, 0.2) is 4.34 Å². The molecule has 1 heterocycles. The zero-order chi connectivity index (χ0) is 17.0. The number of halogens is 3. The van der Waals surface area contributed by atoms with Crippen LogP contribution in [0.1, 0.15) is 19.4 Å². The first-order valence-electron chi connectivity index (χ1n) is 6.69. The van der Waals surface area contributed by atoms with E-state index in [9.17, 15) is 18.0 Å². The van der Waals surface area contributed by atoms with Crippen LogP contribution in [0, 0.1) is 5.92 Å². The standard InChI is InChI=1S/C14H14F3N3OS2/c1-8(2)11(23-13-20-18-7-22-13)12(21)19-10-6-4-3-5-9(10)14(15,16)17/h3-8,11H,1-2H3,(H,19,21). The minimum Gasteiger partial charge on any atom is -0.325 e. The Morgan fingerprint density at radius 3 is 2.57 bits per heavy atom. The molecule has 0 aliphatic rings. The number of benzene rings is 1. The molecule has 1 aromatic carbocycles. The van der Waals surface area contributed by atoms with Crippen LogP contribution < -0.4 is 5.32 Å². The van der Waals surface area contributed by atoms with Crippen LogP contribution in [-0.2, 0) is 11.0 Å². The van der Waals surface area contributed by atoms with E-state index in [-0.39, 0.29) is 11.6 Å². The molecule has 2 rings (SSSR count). The molecule has 1 atom stereocenters. The molecule has 0 fully saturated rings. The molecule has 1 aromatic heterocycles. The maximum absolute atomic E-state index is 13.0. The molecule has 9 heteroatoms. The van der Waals surface area contributed by atoms with Crippen molar-refractivity contribution in [3.05, 3.63) is 35.3 Å². The van der Waals surface area contributed by atoms with Crippen molar-refractivity contribution in [3.63, 3.8) is 0 Å². The summed E-state index contributed by atoms with van der Waals surface area (Å²) in [7, 11) is 0. The van der Waals surface area contributed by atoms with Crippen LogP contribution in [-0.4, -0.2) is 21.4 Å². The Kier molecular flexibility index (Phi) is 5.64. The van der Waals surface area contributed by atoms with Gasteiger partial charge < -0.3 is 5.32 Å². The van der Waals surface area contributed by atoms with E-state index in [1.807, 2.05) is 13.8 Å². The van der Waals surface area contributed by atoms with Gasteiger partial charge in [0.05, 0.1) is 16.5 Å². The highest BCUT2D eigenvalue weighted by atomic mass is 32.2. The summed E-state index contributed by atoms with van der Waals surface area (Å²) in [5.41, 5.74) is 0.432. The summed E-state index contributed by atoms with van der Waals surface area (Å²) in [5.74, 6) is -0.571. The minimum atomic E-state index is -4.52. The zero-order valence-corrected chi connectivity index (χ0v) is 13.9. The van der Waals surface area contributed by atoms with E-state index in [1.54, 1.807) is 0 Å². The fourth-order valence-electron chi connectivity index (χ4n) is 1.86. The number of thioether (sulfide) groups is 1. The van der Waals surface area contributed by atoms with Gasteiger partial charge in [0, 0.05) is 0 Å². The van der Waals surface area contributed by atoms with Gasteiger partial charge in [-0.25, -0.2) is 0 Å². The molecule has 0 aliphatic heterocycles. The van der Waals surface area contributed by atoms with Crippen LogP contribution in [0.25, 0.3) is 0 Å². The molecule has 2 aromatic rings. The van der Waals surface area contributed by atoms with E-state index in [0.717, 1.165) is 6.07 Å². The first-order chi connectivity index (χ1) is 10.8. The second-order valence-electron chi connectivity index (χ2n) is 5.02. The number of carbonyl (C=O) groups excluding carboxylic acids is 1. The lowest BCUT2D eigenvalue weighted by Gasteiger charge is -2.20. The van der Waals surface area contributed by atoms with Gasteiger partial charge in [0.2, 0.25) is 5.91 Å². The van der Waals surface area contributed by atoms with Crippen molar-refractivity contribution in [3.8, 4) is 0 Å². The number of aromatic nitrogens is 2. The summed E-state index contributed by atoms with van der Waals surface area (Å²) in [6, 6.07) is 4.92. The second kappa shape index (κ2) is 7.31. The van der Waals surface area contributed by atoms with E-state index in [4.69, 9.17) is 0 Å². The van der Waals surface area contributed by atoms with Gasteiger partial charge in [0.1, 0.15) is 5.51 Å². The Bertz CT molecular complexity index is 660. The number of alkyl halides is 3. The van der Waals surface area contributed by atoms with Gasteiger partial charge >= 0.3 is 6.18 Å². The van der Waals surface area contributed by atoms with Crippen LogP contribution in [0.4, 0.5) is 18.9 Å². The van der Waals surface area contributed by atoms with Crippen molar-refractivity contribution < 1.29 is 18.0 Å². The Morgan fingerprint density at radius 1 is 1.30 bits per heavy atom. The van der Waals surface area contributed by atoms with E-state index < -0.39 is 22.9 Å². The van der Waals surface area contributed by atoms with Crippen molar-refractivity contribution in [2.45, 2.75) is 29.6 Å². The summed E-state index contributed by atoms with van der Waals surface area (Å²) in [5, 5.41) is 9.37. The van der Waals surface area contributed by atoms with Crippen molar-refractivity contribution in [1.82, 2.24) is 10.2 Å². The highest BCUT2D eigenvalue weighted by Crippen LogP contribution is 2.36. The molecule has 1 amide bonds. The smallest absolute Gasteiger partial charge is 0.325 e. The quantitative estimate of drug-likeness (QED) is 0.806. The average Bonchev–Trinajstić information content (AvgIpc) is 2.96. The molecule has 23 heavy (non-hydrogen) atoms. The largest absolute Gasteiger partial charge is 0.418 e. The molecule has 124 valence electrons. The predicted molar refractivity (Wildman–Crippen MR) is 84.5 cm³/mol. The van der Waals surface area contributed by atoms with E-state index in [1.165, 1.54) is 46.8 Å². The molecule has 4 nitrogen and oxygen atoms in total. The molecule has 0 aliphatic carbocycles. The summed E-state index contributed by atoms with van der Waals surface area (Å²) in [6.07, 6.45) is -4.52. The summed E-state index contributed by atoms with van der Waals surface area (Å²) >= 11 is 2.48. The third kappa shape index (κ3) is 4.68. The normalized spacial score (nSPS) is 13.1. The van der Waals surface area contributed by atoms with Gasteiger partial charge in [-0.2, -0.15) is 13.2 Å². The fourth-order valence-corrected chi connectivity index (χ4v) is 3.55. The summed E-state index contributed by atoms with van der Waals surface area (Å²) < 4.78 is 39.6. The van der Waals surface area contributed by atoms with Gasteiger partial charge in [0.25, 0.3) is 0 Å². The number of carbonyl (C=O) groups is 1. The molecule has 0 saturated carbocycles. The van der Waals surface area contributed by atoms with E-state index in [0.29, 0.717) is 4.34 Å². The first-order valence-corrected chi connectivity index (χ1v) is 8.45. The molecular weight excluding hydrogens is 347 g/mol. The zero-order valence-electron chi connectivity index (χ0n) is 12.3. The summed E-state index contributed by atoms with van der Waals surface area (Å²) in [6.45, 7) is 3.65. The van der Waals surface area contributed by atoms with Crippen LogP contribution in [0.3, 0.4) is 0 Å². The molecule has 0 bridgehead atoms. The number of nitrogens with zero attached hydrogens (tertiary/aromatic N) is 2. The van der Waals surface area contributed by atoms with Gasteiger partial charge in [-0.1, -0.05) is 49.1 Å². The van der Waals surface area contributed by atoms with Crippen LogP contribution in [0.15, 0.2) is 34.1 Å². The predicted octanol–water partition coefficient (Wildman–Crippen LogP) is 4.31. The Morgan fingerprint density at radius 2 is 2.00 bits per heavy atom. The third-order valence-electron chi connectivity index (χ3n) is 2.92. The van der Waals surface area contributed by atoms with Crippen molar-refractivity contribution in [2.75, 3.05) is 5.32 Å². The highest BCUT2D eigenvalue weighted by molar-refractivity contribution is 8.02. The Hall–Kier alpha value is -1.61. The fraction of sp³-hybridized carbons (Fsp3) is 0.357. The monoisotopic (exact) mass is 361 g/mol. The molecule has 1 N–H and O–H groups in total. The molecule has 0 spiro atoms. The molecule has 0 radical (unpaired) electrons. The number of hydrogen-bond acceptors (Lipinski definition) is 5. The van der Waals surface area contributed by atoms with E-state index >= 15 is 0 Å². The number of hydrogen-bond donors (Lipinski definition) is 1. The Labute approximate surface area is 139 Å². The molecule has 1 unspecified atom stereocenters. The van der Waals surface area contributed by atoms with Crippen LogP contribution >= 0.6 is 23.1 Å². The van der Waals surface area contributed by atoms with Gasteiger partial charge in [-0.15, -0.1) is 10.2 Å². The van der Waals surface area contributed by atoms with E-state index in [2.05, 4.69) is 15.5 Å². The maximum atomic E-state index is 13.0. The average molecular weight is 361 g/mol. The van der Waals surface area contributed by atoms with Crippen molar-refractivity contribution in [2.24, 2.45) is 5.92 Å².